The third kappa shape index (κ3) is 4.01. The van der Waals surface area contributed by atoms with Crippen LogP contribution >= 0.6 is 0 Å². The Balaban J connectivity index is 1.64. The standard InChI is InChI=1S/C24H22N2O2/c25-20-9-11-22(12-10-20)27-24(28-23-8-4-7-21(26)17-23)15-13-19(14-16-24)18-5-2-1-3-6-18/h1-15,17H,16,25-26H2. The van der Waals surface area contributed by atoms with E-state index in [0.717, 1.165) is 11.1 Å². The first-order valence-electron chi connectivity index (χ1n) is 9.16. The maximum Gasteiger partial charge on any atom is 0.274 e. The fourth-order valence-electron chi connectivity index (χ4n) is 3.13. The van der Waals surface area contributed by atoms with Crippen molar-refractivity contribution in [3.8, 4) is 11.5 Å². The smallest absolute Gasteiger partial charge is 0.274 e. The quantitative estimate of drug-likeness (QED) is 0.487. The summed E-state index contributed by atoms with van der Waals surface area (Å²) in [5, 5.41) is 0. The Morgan fingerprint density at radius 1 is 0.714 bits per heavy atom. The number of allylic oxidation sites excluding steroid dienone is 2. The van der Waals surface area contributed by atoms with Gasteiger partial charge in [-0.1, -0.05) is 48.6 Å². The molecule has 28 heavy (non-hydrogen) atoms. The fraction of sp³-hybridized carbons (Fsp3) is 0.0833. The van der Waals surface area contributed by atoms with E-state index in [1.54, 1.807) is 18.2 Å². The average Bonchev–Trinajstić information content (AvgIpc) is 2.71. The van der Waals surface area contributed by atoms with E-state index in [0.29, 0.717) is 29.3 Å². The van der Waals surface area contributed by atoms with Gasteiger partial charge in [-0.05, 0) is 47.5 Å². The number of nitrogen functional groups attached to an aromatic ring is 2. The molecule has 0 saturated heterocycles. The molecule has 1 unspecified atom stereocenters. The zero-order valence-electron chi connectivity index (χ0n) is 15.4. The van der Waals surface area contributed by atoms with Crippen molar-refractivity contribution in [1.29, 1.82) is 0 Å². The summed E-state index contributed by atoms with van der Waals surface area (Å²) in [5.41, 5.74) is 15.3. The van der Waals surface area contributed by atoms with E-state index in [1.807, 2.05) is 60.7 Å². The molecule has 0 spiro atoms. The van der Waals surface area contributed by atoms with Gasteiger partial charge in [0.1, 0.15) is 11.5 Å². The third-order valence-electron chi connectivity index (χ3n) is 4.55. The molecule has 0 radical (unpaired) electrons. The zero-order chi connectivity index (χ0) is 19.4. The van der Waals surface area contributed by atoms with Crippen molar-refractivity contribution >= 4 is 16.9 Å². The first-order valence-corrected chi connectivity index (χ1v) is 9.16. The molecule has 1 atom stereocenters. The maximum atomic E-state index is 6.28. The van der Waals surface area contributed by atoms with E-state index in [-0.39, 0.29) is 0 Å². The summed E-state index contributed by atoms with van der Waals surface area (Å²) < 4.78 is 12.6. The van der Waals surface area contributed by atoms with Crippen LogP contribution in [0.2, 0.25) is 0 Å². The Kier molecular flexibility index (Phi) is 4.77. The highest BCUT2D eigenvalue weighted by molar-refractivity contribution is 5.75. The first-order chi connectivity index (χ1) is 13.6. The summed E-state index contributed by atoms with van der Waals surface area (Å²) in [7, 11) is 0. The highest BCUT2D eigenvalue weighted by Gasteiger charge is 2.33. The van der Waals surface area contributed by atoms with E-state index < -0.39 is 5.79 Å². The van der Waals surface area contributed by atoms with Crippen molar-refractivity contribution in [2.75, 3.05) is 11.5 Å². The van der Waals surface area contributed by atoms with Gasteiger partial charge in [0.05, 0.1) is 0 Å². The minimum absolute atomic E-state index is 0.549. The first kappa shape index (κ1) is 17.7. The van der Waals surface area contributed by atoms with E-state index in [9.17, 15) is 0 Å². The lowest BCUT2D eigenvalue weighted by molar-refractivity contribution is -0.0684. The molecule has 0 bridgehead atoms. The van der Waals surface area contributed by atoms with Crippen LogP contribution in [-0.4, -0.2) is 5.79 Å². The lowest BCUT2D eigenvalue weighted by Gasteiger charge is -2.33. The summed E-state index contributed by atoms with van der Waals surface area (Å²) in [5.74, 6) is 0.360. The van der Waals surface area contributed by atoms with Crippen LogP contribution < -0.4 is 20.9 Å². The molecule has 4 nitrogen and oxygen atoms in total. The van der Waals surface area contributed by atoms with Crippen molar-refractivity contribution in [3.05, 3.63) is 103 Å². The van der Waals surface area contributed by atoms with Crippen molar-refractivity contribution in [3.63, 3.8) is 0 Å². The second-order valence-corrected chi connectivity index (χ2v) is 6.72. The molecule has 0 heterocycles. The van der Waals surface area contributed by atoms with Gasteiger partial charge in [-0.2, -0.15) is 0 Å². The molecule has 0 aliphatic heterocycles. The minimum Gasteiger partial charge on any atom is -0.448 e. The molecule has 1 aliphatic rings. The van der Waals surface area contributed by atoms with E-state index in [1.165, 1.54) is 0 Å². The molecule has 0 aromatic heterocycles. The molecule has 140 valence electrons. The summed E-state index contributed by atoms with van der Waals surface area (Å²) in [6.07, 6.45) is 6.66. The van der Waals surface area contributed by atoms with Crippen LogP contribution in [0.15, 0.2) is 97.1 Å². The van der Waals surface area contributed by atoms with Gasteiger partial charge in [0.2, 0.25) is 0 Å². The van der Waals surface area contributed by atoms with Crippen molar-refractivity contribution in [2.45, 2.75) is 12.2 Å². The second-order valence-electron chi connectivity index (χ2n) is 6.72. The number of anilines is 2. The Bertz CT molecular complexity index is 1010. The Hall–Kier alpha value is -3.66. The van der Waals surface area contributed by atoms with Gasteiger partial charge >= 0.3 is 0 Å². The summed E-state index contributed by atoms with van der Waals surface area (Å²) in [4.78, 5) is 0. The lowest BCUT2D eigenvalue weighted by atomic mass is 9.96. The third-order valence-corrected chi connectivity index (χ3v) is 4.55. The van der Waals surface area contributed by atoms with E-state index in [4.69, 9.17) is 20.9 Å². The molecule has 0 amide bonds. The highest BCUT2D eigenvalue weighted by Crippen LogP contribution is 2.34. The molecule has 4 rings (SSSR count). The molecule has 3 aromatic carbocycles. The van der Waals surface area contributed by atoms with Crippen LogP contribution in [0.5, 0.6) is 11.5 Å². The lowest BCUT2D eigenvalue weighted by Crippen LogP contribution is -2.41. The van der Waals surface area contributed by atoms with Crippen LogP contribution in [-0.2, 0) is 0 Å². The number of rotatable bonds is 5. The number of nitrogens with two attached hydrogens (primary N) is 2. The van der Waals surface area contributed by atoms with Gasteiger partial charge in [-0.15, -0.1) is 0 Å². The number of benzene rings is 3. The maximum absolute atomic E-state index is 6.28. The van der Waals surface area contributed by atoms with E-state index >= 15 is 0 Å². The van der Waals surface area contributed by atoms with Crippen LogP contribution in [0.3, 0.4) is 0 Å². The van der Waals surface area contributed by atoms with Crippen molar-refractivity contribution < 1.29 is 9.47 Å². The van der Waals surface area contributed by atoms with Gasteiger partial charge in [-0.25, -0.2) is 0 Å². The van der Waals surface area contributed by atoms with Crippen LogP contribution in [0.25, 0.3) is 5.57 Å². The number of ether oxygens (including phenoxy) is 2. The van der Waals surface area contributed by atoms with Gasteiger partial charge in [-0.3, -0.25) is 0 Å². The Morgan fingerprint density at radius 3 is 2.14 bits per heavy atom. The predicted octanol–water partition coefficient (Wildman–Crippen LogP) is 5.05. The predicted molar refractivity (Wildman–Crippen MR) is 114 cm³/mol. The minimum atomic E-state index is -0.970. The van der Waals surface area contributed by atoms with Crippen molar-refractivity contribution in [1.82, 2.24) is 0 Å². The molecular formula is C24H22N2O2. The average molecular weight is 370 g/mol. The summed E-state index contributed by atoms with van der Waals surface area (Å²) in [6, 6.07) is 24.9. The molecule has 4 heteroatoms. The van der Waals surface area contributed by atoms with Crippen LogP contribution in [0.1, 0.15) is 12.0 Å². The molecule has 4 N–H and O–H groups in total. The van der Waals surface area contributed by atoms with Gasteiger partial charge < -0.3 is 20.9 Å². The summed E-state index contributed by atoms with van der Waals surface area (Å²) >= 11 is 0. The largest absolute Gasteiger partial charge is 0.448 e. The highest BCUT2D eigenvalue weighted by atomic mass is 16.7. The molecular weight excluding hydrogens is 348 g/mol. The normalized spacial score (nSPS) is 18.4. The SMILES string of the molecule is Nc1ccc(OC2(Oc3cccc(N)c3)C=CC(c3ccccc3)=CC2)cc1. The number of hydrogen-bond donors (Lipinski definition) is 2. The summed E-state index contributed by atoms with van der Waals surface area (Å²) in [6.45, 7) is 0. The molecule has 0 saturated carbocycles. The van der Waals surface area contributed by atoms with Gasteiger partial charge in [0.25, 0.3) is 5.79 Å². The molecule has 3 aromatic rings. The number of hydrogen-bond acceptors (Lipinski definition) is 4. The Morgan fingerprint density at radius 2 is 1.46 bits per heavy atom. The fourth-order valence-corrected chi connectivity index (χ4v) is 3.13. The second kappa shape index (κ2) is 7.53. The zero-order valence-corrected chi connectivity index (χ0v) is 15.4. The van der Waals surface area contributed by atoms with Gasteiger partial charge in [0.15, 0.2) is 0 Å². The van der Waals surface area contributed by atoms with Crippen molar-refractivity contribution in [2.24, 2.45) is 0 Å². The van der Waals surface area contributed by atoms with Crippen LogP contribution in [0.4, 0.5) is 11.4 Å². The van der Waals surface area contributed by atoms with E-state index in [2.05, 4.69) is 18.2 Å². The molecule has 1 aliphatic carbocycles. The van der Waals surface area contributed by atoms with Gasteiger partial charge in [0, 0.05) is 29.9 Å². The Labute approximate surface area is 164 Å². The topological polar surface area (TPSA) is 70.5 Å². The molecule has 0 fully saturated rings. The monoisotopic (exact) mass is 370 g/mol. The van der Waals surface area contributed by atoms with Crippen LogP contribution in [0, 0.1) is 0 Å².